The number of aromatic nitrogens is 2. The van der Waals surface area contributed by atoms with E-state index < -0.39 is 88.5 Å². The number of nitrogens with one attached hydrogen (secondary N) is 2. The quantitative estimate of drug-likeness (QED) is 0.0319. The largest absolute Gasteiger partial charge is 0.481 e. The first-order chi connectivity index (χ1) is 60.3. The molecule has 7 amide bonds. The maximum Gasteiger partial charge on any atom is 0.306 e. The lowest BCUT2D eigenvalue weighted by Gasteiger charge is -2.41. The molecule has 0 aliphatic carbocycles. The standard InChI is InChI=1S/C41H64N4O6S.C39H61N5O6S.C20H37NO5/c1-12-27(4)36(44(9)40(49)30(26(2)3)24-34(46)41(6,7)8)33(50-10)25-35(47)45-21-16-19-32(45)37(51-11)28(5)38(48)43-31(39-42-20-22-52-39)23-29-17-14-13-15-18-29;1-24(2)28(22-32(45)39(6,7)40)38(48)43(8)34(25(3)4)31(49-9)23-33(46)44-19-14-17-30(44)35(50-10)26(5)36(47)42-29(37-41-18-20-51-37)21-27-15-12-11-13-16-27;1-12(2)14(10-16(22)20(5,6)7)19(25)21(8)18(13(3)4)15(26-9)11-17(23)24/h13-15,17-18,20,22,26-28,30-33,36-37H,12,16,19,21,23-25H2,1-11H3,(H,43,48);11-13,15-16,18,20,24-26,28-31,34-35H,14,17,19,21-23,40H2,1-10H3,(H,42,47);12-15,18H,10-11H2,1-9H3,(H,23,24)/t27-,28+,30-,31-,32-,33+,36-,37+;26-,28+,29+,30+,31-,34+,35-;14-,15+,18-/m010/s1. The Morgan fingerprint density at radius 1 is 0.465 bits per heavy atom. The second-order valence-corrected chi connectivity index (χ2v) is 41.8. The number of Topliss-reactive ketones (excluding diaryl/α,β-unsaturated/α-hetero) is 3. The van der Waals surface area contributed by atoms with Gasteiger partial charge < -0.3 is 69.7 Å². The van der Waals surface area contributed by atoms with Crippen LogP contribution < -0.4 is 16.4 Å². The Hall–Kier alpha value is -7.77. The molecular weight excluding hydrogens is 1680 g/mol. The molecule has 2 aliphatic heterocycles. The van der Waals surface area contributed by atoms with Crippen molar-refractivity contribution in [3.8, 4) is 0 Å². The van der Waals surface area contributed by atoms with Crippen LogP contribution in [0.15, 0.2) is 83.8 Å². The number of carboxylic acids is 1. The third-order valence-corrected chi connectivity index (χ3v) is 28.0. The van der Waals surface area contributed by atoms with Gasteiger partial charge in [-0.25, -0.2) is 9.97 Å². The Labute approximate surface area is 780 Å². The number of hydrogen-bond acceptors (Lipinski definition) is 21. The number of methoxy groups -OCH3 is 5. The SMILES string of the molecule is CC[C@H](C)[C@@H]([C@@H](CC(=O)N1CCC[C@H]1[C@H](OC)[C@@H](C)C(=O)N[C@@H](Cc1ccccc1)c1nccs1)OC)N(C)C(=O)[C@@H](CC(=O)C(C)(C)C)C(C)C.CO[C@H](CC(=O)O)[C@H](C(C)C)N(C)C(=O)[C@@H](CC(=O)C(C)(C)C)C(C)C.CO[C@H]([C@@H](C)C(=O)N[C@@H](Cc1ccccc1)c1nccs1)[C@@H]1CCCN1C(=O)C[C@@H](OC)[C@H](C(C)C)N(C)C(=O)[C@@H](CC(=O)C(C)(C)N)C(C)C. The van der Waals surface area contributed by atoms with Gasteiger partial charge in [0, 0.05) is 141 Å². The number of carbonyl (C=O) groups is 11. The fourth-order valence-corrected chi connectivity index (χ4v) is 19.3. The van der Waals surface area contributed by atoms with E-state index in [-0.39, 0.29) is 169 Å². The topological polar surface area (TPSA) is 346 Å². The number of carbonyl (C=O) groups excluding carboxylic acids is 10. The molecule has 2 aliphatic rings. The molecule has 6 rings (SSSR count). The number of benzene rings is 2. The summed E-state index contributed by atoms with van der Waals surface area (Å²) in [6.07, 6.45) is 5.99. The fraction of sp³-hybridized carbons (Fsp3) is 0.710. The normalized spacial score (nSPS) is 18.2. The van der Waals surface area contributed by atoms with Crippen LogP contribution in [0.1, 0.15) is 256 Å². The number of ketones is 3. The summed E-state index contributed by atoms with van der Waals surface area (Å²) in [6, 6.07) is 17.6. The number of rotatable bonds is 48. The Kier molecular flexibility index (Phi) is 46.8. The average Bonchev–Trinajstić information content (AvgIpc) is 1.79. The second kappa shape index (κ2) is 53.2. The first kappa shape index (κ1) is 114. The number of aliphatic carboxylic acids is 1. The molecule has 29 heteroatoms. The molecule has 0 saturated carbocycles. The predicted molar refractivity (Wildman–Crippen MR) is 509 cm³/mol. The van der Waals surface area contributed by atoms with Gasteiger partial charge >= 0.3 is 5.97 Å². The summed E-state index contributed by atoms with van der Waals surface area (Å²) in [5.74, 6) is -4.64. The summed E-state index contributed by atoms with van der Waals surface area (Å²) in [5.41, 5.74) is 6.18. The van der Waals surface area contributed by atoms with Crippen LogP contribution in [0.4, 0.5) is 0 Å². The number of carboxylic acid groups (broad SMARTS) is 1. The number of thiazole rings is 2. The predicted octanol–water partition coefficient (Wildman–Crippen LogP) is 15.0. The molecule has 4 heterocycles. The third kappa shape index (κ3) is 33.4. The van der Waals surface area contributed by atoms with Gasteiger partial charge in [0.15, 0.2) is 5.78 Å². The van der Waals surface area contributed by atoms with Crippen molar-refractivity contribution in [1.82, 2.24) is 45.1 Å². The molecule has 0 radical (unpaired) electrons. The van der Waals surface area contributed by atoms with Crippen LogP contribution >= 0.6 is 22.7 Å². The third-order valence-electron chi connectivity index (χ3n) is 26.2. The van der Waals surface area contributed by atoms with Crippen molar-refractivity contribution in [2.75, 3.05) is 69.8 Å². The highest BCUT2D eigenvalue weighted by Crippen LogP contribution is 2.37. The number of ether oxygens (including phenoxy) is 5. The van der Waals surface area contributed by atoms with E-state index in [1.54, 1.807) is 90.5 Å². The Balaban J connectivity index is 0.000000429. The van der Waals surface area contributed by atoms with Gasteiger partial charge in [0.1, 0.15) is 21.6 Å². The Morgan fingerprint density at radius 2 is 0.783 bits per heavy atom. The fourth-order valence-electron chi connectivity index (χ4n) is 17.9. The van der Waals surface area contributed by atoms with Crippen LogP contribution in [-0.4, -0.2) is 240 Å². The van der Waals surface area contributed by atoms with Gasteiger partial charge in [0.2, 0.25) is 41.4 Å². The van der Waals surface area contributed by atoms with Crippen molar-refractivity contribution in [2.24, 2.45) is 81.7 Å². The molecule has 2 aromatic heterocycles. The minimum absolute atomic E-state index is 0.00420. The number of amides is 7. The zero-order valence-corrected chi connectivity index (χ0v) is 85.1. The van der Waals surface area contributed by atoms with Crippen LogP contribution in [-0.2, 0) is 89.3 Å². The van der Waals surface area contributed by atoms with E-state index in [9.17, 15) is 52.7 Å². The zero-order chi connectivity index (χ0) is 97.6. The summed E-state index contributed by atoms with van der Waals surface area (Å²) < 4.78 is 29.4. The molecule has 18 atom stereocenters. The molecule has 5 N–H and O–H groups in total. The van der Waals surface area contributed by atoms with Gasteiger partial charge in [-0.3, -0.25) is 52.7 Å². The molecule has 4 aromatic rings. The molecule has 0 spiro atoms. The van der Waals surface area contributed by atoms with Gasteiger partial charge in [-0.15, -0.1) is 22.7 Å². The number of hydrogen-bond donors (Lipinski definition) is 4. The van der Waals surface area contributed by atoms with E-state index in [0.717, 1.165) is 40.4 Å². The van der Waals surface area contributed by atoms with Crippen molar-refractivity contribution in [2.45, 2.75) is 314 Å². The smallest absolute Gasteiger partial charge is 0.306 e. The van der Waals surface area contributed by atoms with Crippen LogP contribution in [0.2, 0.25) is 0 Å². The molecule has 2 fully saturated rings. The van der Waals surface area contributed by atoms with E-state index >= 15 is 0 Å². The van der Waals surface area contributed by atoms with E-state index in [1.165, 1.54) is 29.8 Å². The minimum Gasteiger partial charge on any atom is -0.481 e. The molecule has 0 unspecified atom stereocenters. The van der Waals surface area contributed by atoms with Crippen LogP contribution in [0, 0.1) is 75.9 Å². The van der Waals surface area contributed by atoms with Gasteiger partial charge in [0.25, 0.3) is 0 Å². The molecule has 726 valence electrons. The lowest BCUT2D eigenvalue weighted by atomic mass is 9.80. The highest BCUT2D eigenvalue weighted by Gasteiger charge is 2.48. The lowest BCUT2D eigenvalue weighted by molar-refractivity contribution is -0.149. The molecule has 0 bridgehead atoms. The molecule has 2 saturated heterocycles. The number of nitrogens with zero attached hydrogens (tertiary/aromatic N) is 7. The van der Waals surface area contributed by atoms with Crippen LogP contribution in [0.25, 0.3) is 0 Å². The van der Waals surface area contributed by atoms with E-state index in [0.29, 0.717) is 38.8 Å². The van der Waals surface area contributed by atoms with Gasteiger partial charge in [-0.05, 0) is 99.0 Å². The Bertz CT molecular complexity index is 4110. The molecule has 27 nitrogen and oxygen atoms in total. The van der Waals surface area contributed by atoms with Crippen molar-refractivity contribution >= 4 is 87.3 Å². The van der Waals surface area contributed by atoms with E-state index in [4.69, 9.17) is 34.5 Å². The first-order valence-corrected chi connectivity index (χ1v) is 48.2. The first-order valence-electron chi connectivity index (χ1n) is 46.4. The van der Waals surface area contributed by atoms with Gasteiger partial charge in [0.05, 0.1) is 109 Å². The van der Waals surface area contributed by atoms with Crippen LogP contribution in [0.3, 0.4) is 0 Å². The van der Waals surface area contributed by atoms with Crippen molar-refractivity contribution in [3.05, 3.63) is 105 Å². The minimum atomic E-state index is -1.04. The zero-order valence-electron chi connectivity index (χ0n) is 83.5. The second-order valence-electron chi connectivity index (χ2n) is 40.0. The molecular formula is C100H162N10O17S2. The number of likely N-dealkylation sites (tertiary alicyclic amines) is 2. The van der Waals surface area contributed by atoms with Crippen LogP contribution in [0.5, 0.6) is 0 Å². The van der Waals surface area contributed by atoms with Crippen molar-refractivity contribution < 1.29 is 81.5 Å². The lowest BCUT2D eigenvalue weighted by Crippen LogP contribution is -2.54. The average molecular weight is 1840 g/mol. The summed E-state index contributed by atoms with van der Waals surface area (Å²) in [6.45, 7) is 43.0. The van der Waals surface area contributed by atoms with Gasteiger partial charge in [-0.1, -0.05) is 206 Å². The summed E-state index contributed by atoms with van der Waals surface area (Å²) >= 11 is 3.01. The highest BCUT2D eigenvalue weighted by molar-refractivity contribution is 7.09. The maximum atomic E-state index is 14.2. The molecule has 2 aromatic carbocycles. The van der Waals surface area contributed by atoms with Crippen molar-refractivity contribution in [1.29, 1.82) is 0 Å². The summed E-state index contributed by atoms with van der Waals surface area (Å²) in [4.78, 5) is 164. The maximum absolute atomic E-state index is 14.2. The highest BCUT2D eigenvalue weighted by atomic mass is 32.1. The number of nitrogens with two attached hydrogens (primary N) is 1. The summed E-state index contributed by atoms with van der Waals surface area (Å²) in [7, 11) is 13.0. The number of likely N-dealkylation sites (N-methyl/N-ethyl adjacent to an activating group) is 3. The van der Waals surface area contributed by atoms with Crippen molar-refractivity contribution in [3.63, 3.8) is 0 Å². The monoisotopic (exact) mass is 1840 g/mol. The van der Waals surface area contributed by atoms with E-state index in [1.807, 2.05) is 206 Å². The van der Waals surface area contributed by atoms with Gasteiger partial charge in [-0.2, -0.15) is 0 Å². The Morgan fingerprint density at radius 3 is 1.05 bits per heavy atom. The van der Waals surface area contributed by atoms with E-state index in [2.05, 4.69) is 34.4 Å². The molecule has 129 heavy (non-hydrogen) atoms. The summed E-state index contributed by atoms with van der Waals surface area (Å²) in [5, 5.41) is 21.1.